The lowest BCUT2D eigenvalue weighted by atomic mass is 10.4. The van der Waals surface area contributed by atoms with Crippen molar-refractivity contribution >= 4 is 0 Å². The highest BCUT2D eigenvalue weighted by molar-refractivity contribution is 4.91. The molecule has 11 heavy (non-hydrogen) atoms. The molecule has 0 aliphatic heterocycles. The van der Waals surface area contributed by atoms with Crippen LogP contribution < -0.4 is 5.49 Å². The van der Waals surface area contributed by atoms with Gasteiger partial charge in [-0.25, -0.2) is 0 Å². The first-order valence-electron chi connectivity index (χ1n) is 3.58. The number of nitrogens with one attached hydrogen (secondary N) is 1. The van der Waals surface area contributed by atoms with E-state index in [9.17, 15) is 0 Å². The highest BCUT2D eigenvalue weighted by Gasteiger charge is 1.95. The molecule has 0 saturated heterocycles. The summed E-state index contributed by atoms with van der Waals surface area (Å²) < 4.78 is 1.70. The van der Waals surface area contributed by atoms with Crippen molar-refractivity contribution in [3.05, 3.63) is 29.9 Å². The van der Waals surface area contributed by atoms with E-state index in [1.165, 1.54) is 0 Å². The number of pyridine rings is 1. The Kier molecular flexibility index (Phi) is 2.44. The molecule has 60 valence electrons. The molecule has 0 spiro atoms. The normalized spacial score (nSPS) is 12.9. The van der Waals surface area contributed by atoms with Crippen molar-refractivity contribution in [3.63, 3.8) is 0 Å². The quantitative estimate of drug-likeness (QED) is 0.631. The lowest BCUT2D eigenvalue weighted by Crippen LogP contribution is -2.23. The van der Waals surface area contributed by atoms with Gasteiger partial charge in [-0.2, -0.15) is 0 Å². The van der Waals surface area contributed by atoms with Crippen LogP contribution in [-0.4, -0.2) is 15.8 Å². The smallest absolute Gasteiger partial charge is 0.124 e. The maximum Gasteiger partial charge on any atom is 0.124 e. The maximum absolute atomic E-state index is 9.03. The molecule has 3 heteroatoms. The van der Waals surface area contributed by atoms with E-state index in [1.807, 2.05) is 6.07 Å². The lowest BCUT2D eigenvalue weighted by Gasteiger charge is -2.07. The number of aromatic nitrogens is 1. The van der Waals surface area contributed by atoms with Gasteiger partial charge in [-0.3, -0.25) is 5.41 Å². The van der Waals surface area contributed by atoms with Crippen LogP contribution in [0.3, 0.4) is 0 Å². The third-order valence-electron chi connectivity index (χ3n) is 1.40. The average molecular weight is 152 g/mol. The van der Waals surface area contributed by atoms with Gasteiger partial charge in [0.25, 0.3) is 0 Å². The Morgan fingerprint density at radius 2 is 2.36 bits per heavy atom. The Hall–Kier alpha value is -1.09. The van der Waals surface area contributed by atoms with E-state index in [0.717, 1.165) is 0 Å². The average Bonchev–Trinajstić information content (AvgIpc) is 1.93. The van der Waals surface area contributed by atoms with Crippen LogP contribution in [0.2, 0.25) is 0 Å². The van der Waals surface area contributed by atoms with E-state index < -0.39 is 6.10 Å². The van der Waals surface area contributed by atoms with Crippen LogP contribution in [-0.2, 0) is 6.54 Å². The van der Waals surface area contributed by atoms with Crippen molar-refractivity contribution in [2.75, 3.05) is 0 Å². The van der Waals surface area contributed by atoms with E-state index in [0.29, 0.717) is 12.0 Å². The Morgan fingerprint density at radius 3 is 2.91 bits per heavy atom. The molecule has 1 aromatic heterocycles. The second kappa shape index (κ2) is 3.34. The molecule has 0 aromatic carbocycles. The molecule has 0 aliphatic carbocycles. The number of rotatable bonds is 2. The summed E-state index contributed by atoms with van der Waals surface area (Å²) in [6.07, 6.45) is 1.39. The molecule has 0 fully saturated rings. The fraction of sp³-hybridized carbons (Fsp3) is 0.375. The molecule has 0 radical (unpaired) electrons. The molecular formula is C8H12N2O. The summed E-state index contributed by atoms with van der Waals surface area (Å²) in [6.45, 7) is 2.19. The minimum atomic E-state index is -0.397. The number of aliphatic hydroxyl groups excluding tert-OH is 1. The third-order valence-corrected chi connectivity index (χ3v) is 1.40. The van der Waals surface area contributed by atoms with Crippen LogP contribution in [0.25, 0.3) is 0 Å². The van der Waals surface area contributed by atoms with Gasteiger partial charge in [-0.1, -0.05) is 6.07 Å². The molecule has 1 atom stereocenters. The zero-order valence-corrected chi connectivity index (χ0v) is 6.49. The topological polar surface area (TPSA) is 49.0 Å². The first-order chi connectivity index (χ1) is 5.20. The van der Waals surface area contributed by atoms with Gasteiger partial charge in [-0.05, 0) is 19.1 Å². The SMILES string of the molecule is C[C@H](O)Cn1ccccc1=N. The highest BCUT2D eigenvalue weighted by Crippen LogP contribution is 1.86. The van der Waals surface area contributed by atoms with Crippen molar-refractivity contribution in [1.29, 1.82) is 5.41 Å². The predicted octanol–water partition coefficient (Wildman–Crippen LogP) is 0.348. The summed E-state index contributed by atoms with van der Waals surface area (Å²) in [5.41, 5.74) is 0.424. The summed E-state index contributed by atoms with van der Waals surface area (Å²) in [5.74, 6) is 0. The molecule has 0 aliphatic rings. The second-order valence-corrected chi connectivity index (χ2v) is 2.59. The van der Waals surface area contributed by atoms with Gasteiger partial charge in [-0.15, -0.1) is 0 Å². The Balaban J connectivity index is 2.87. The molecule has 0 bridgehead atoms. The fourth-order valence-electron chi connectivity index (χ4n) is 0.920. The van der Waals surface area contributed by atoms with Gasteiger partial charge in [0, 0.05) is 12.7 Å². The molecule has 3 nitrogen and oxygen atoms in total. The Morgan fingerprint density at radius 1 is 1.64 bits per heavy atom. The van der Waals surface area contributed by atoms with Crippen molar-refractivity contribution in [3.8, 4) is 0 Å². The van der Waals surface area contributed by atoms with Crippen LogP contribution in [0.5, 0.6) is 0 Å². The molecular weight excluding hydrogens is 140 g/mol. The zero-order chi connectivity index (χ0) is 8.27. The van der Waals surface area contributed by atoms with Gasteiger partial charge in [0.15, 0.2) is 0 Å². The van der Waals surface area contributed by atoms with Gasteiger partial charge >= 0.3 is 0 Å². The maximum atomic E-state index is 9.03. The number of hydrogen-bond donors (Lipinski definition) is 2. The minimum absolute atomic E-state index is 0.397. The standard InChI is InChI=1S/C8H12N2O/c1-7(11)6-10-5-3-2-4-8(10)9/h2-5,7,9,11H,6H2,1H3/t7-/m0/s1. The molecule has 1 rings (SSSR count). The van der Waals surface area contributed by atoms with E-state index in [2.05, 4.69) is 0 Å². The van der Waals surface area contributed by atoms with Crippen LogP contribution in [0.15, 0.2) is 24.4 Å². The van der Waals surface area contributed by atoms with Crippen LogP contribution in [0.4, 0.5) is 0 Å². The van der Waals surface area contributed by atoms with Gasteiger partial charge in [0.2, 0.25) is 0 Å². The summed E-state index contributed by atoms with van der Waals surface area (Å²) in [7, 11) is 0. The fourth-order valence-corrected chi connectivity index (χ4v) is 0.920. The number of aliphatic hydroxyl groups is 1. The van der Waals surface area contributed by atoms with Crippen molar-refractivity contribution in [1.82, 2.24) is 4.57 Å². The highest BCUT2D eigenvalue weighted by atomic mass is 16.3. The van der Waals surface area contributed by atoms with Crippen molar-refractivity contribution in [2.45, 2.75) is 19.6 Å². The molecule has 1 aromatic rings. The van der Waals surface area contributed by atoms with Gasteiger partial charge < -0.3 is 9.67 Å². The molecule has 0 unspecified atom stereocenters. The van der Waals surface area contributed by atoms with E-state index in [4.69, 9.17) is 10.5 Å². The predicted molar refractivity (Wildman–Crippen MR) is 42.0 cm³/mol. The zero-order valence-electron chi connectivity index (χ0n) is 6.49. The molecule has 2 N–H and O–H groups in total. The molecule has 0 amide bonds. The third kappa shape index (κ3) is 2.20. The molecule has 0 saturated carbocycles. The minimum Gasteiger partial charge on any atom is -0.392 e. The van der Waals surface area contributed by atoms with Crippen molar-refractivity contribution in [2.24, 2.45) is 0 Å². The van der Waals surface area contributed by atoms with Crippen LogP contribution >= 0.6 is 0 Å². The summed E-state index contributed by atoms with van der Waals surface area (Å²) in [5, 5.41) is 16.4. The monoisotopic (exact) mass is 152 g/mol. The summed E-state index contributed by atoms with van der Waals surface area (Å²) in [6, 6.07) is 5.35. The van der Waals surface area contributed by atoms with Gasteiger partial charge in [0.05, 0.1) is 6.10 Å². The first kappa shape index (κ1) is 8.01. The summed E-state index contributed by atoms with van der Waals surface area (Å²) in [4.78, 5) is 0. The lowest BCUT2D eigenvalue weighted by molar-refractivity contribution is 0.171. The largest absolute Gasteiger partial charge is 0.392 e. The first-order valence-corrected chi connectivity index (χ1v) is 3.58. The molecule has 1 heterocycles. The van der Waals surface area contributed by atoms with E-state index in [1.54, 1.807) is 29.8 Å². The second-order valence-electron chi connectivity index (χ2n) is 2.59. The van der Waals surface area contributed by atoms with Crippen LogP contribution in [0.1, 0.15) is 6.92 Å². The summed E-state index contributed by atoms with van der Waals surface area (Å²) >= 11 is 0. The number of hydrogen-bond acceptors (Lipinski definition) is 2. The Labute approximate surface area is 65.4 Å². The van der Waals surface area contributed by atoms with Gasteiger partial charge in [0.1, 0.15) is 5.49 Å². The van der Waals surface area contributed by atoms with E-state index in [-0.39, 0.29) is 0 Å². The van der Waals surface area contributed by atoms with Crippen LogP contribution in [0, 0.1) is 5.41 Å². The van der Waals surface area contributed by atoms with E-state index >= 15 is 0 Å². The van der Waals surface area contributed by atoms with Crippen molar-refractivity contribution < 1.29 is 5.11 Å². The Bertz CT molecular complexity index is 277. The number of nitrogens with zero attached hydrogens (tertiary/aromatic N) is 1.